The van der Waals surface area contributed by atoms with E-state index in [1.807, 2.05) is 0 Å². The highest BCUT2D eigenvalue weighted by atomic mass is 35.5. The van der Waals surface area contributed by atoms with Crippen LogP contribution in [0.2, 0.25) is 10.0 Å². The Balaban J connectivity index is 1.96. The molecule has 170 valence electrons. The second kappa shape index (κ2) is 11.0. The van der Waals surface area contributed by atoms with Crippen molar-refractivity contribution in [2.75, 3.05) is 12.4 Å². The minimum absolute atomic E-state index is 0.0109. The Morgan fingerprint density at radius 2 is 1.64 bits per heavy atom. The fraction of sp³-hybridized carbons (Fsp3) is 0.160. The number of carbonyl (C=O) groups excluding carboxylic acids is 3. The number of nitrogens with one attached hydrogen (secondary N) is 1. The number of rotatable bonds is 8. The molecule has 0 heterocycles. The Morgan fingerprint density at radius 1 is 0.970 bits per heavy atom. The van der Waals surface area contributed by atoms with Gasteiger partial charge in [0.1, 0.15) is 11.3 Å². The maximum absolute atomic E-state index is 13.2. The molecular formula is C25H21Cl2NO5. The highest BCUT2D eigenvalue weighted by Crippen LogP contribution is 2.33. The van der Waals surface area contributed by atoms with E-state index in [0.29, 0.717) is 21.8 Å². The van der Waals surface area contributed by atoms with Gasteiger partial charge in [-0.25, -0.2) is 4.79 Å². The third kappa shape index (κ3) is 5.92. The van der Waals surface area contributed by atoms with E-state index in [9.17, 15) is 14.4 Å². The first kappa shape index (κ1) is 24.3. The molecule has 0 bridgehead atoms. The molecule has 0 aromatic heterocycles. The monoisotopic (exact) mass is 485 g/mol. The van der Waals surface area contributed by atoms with Crippen LogP contribution in [-0.2, 0) is 9.53 Å². The molecule has 0 saturated heterocycles. The van der Waals surface area contributed by atoms with Gasteiger partial charge < -0.3 is 14.8 Å². The van der Waals surface area contributed by atoms with E-state index in [-0.39, 0.29) is 28.7 Å². The Bertz CT molecular complexity index is 1160. The van der Waals surface area contributed by atoms with Crippen LogP contribution in [0, 0.1) is 0 Å². The van der Waals surface area contributed by atoms with Crippen LogP contribution in [0.25, 0.3) is 0 Å². The number of hydrogen-bond donors (Lipinski definition) is 1. The Morgan fingerprint density at radius 3 is 2.24 bits per heavy atom. The lowest BCUT2D eigenvalue weighted by atomic mass is 9.99. The lowest BCUT2D eigenvalue weighted by Gasteiger charge is -2.19. The van der Waals surface area contributed by atoms with Crippen molar-refractivity contribution in [1.82, 2.24) is 0 Å². The average molecular weight is 486 g/mol. The number of ether oxygens (including phenoxy) is 2. The first-order chi connectivity index (χ1) is 15.8. The van der Waals surface area contributed by atoms with Crippen LogP contribution >= 0.6 is 23.2 Å². The first-order valence-electron chi connectivity index (χ1n) is 10.1. The van der Waals surface area contributed by atoms with Crippen LogP contribution in [0.5, 0.6) is 5.75 Å². The zero-order valence-electron chi connectivity index (χ0n) is 17.9. The molecule has 0 fully saturated rings. The molecule has 3 rings (SSSR count). The van der Waals surface area contributed by atoms with E-state index >= 15 is 0 Å². The number of Topliss-reactive ketones (excluding diaryl/α,β-unsaturated/α-hetero) is 1. The molecule has 1 N–H and O–H groups in total. The van der Waals surface area contributed by atoms with Crippen LogP contribution in [0.1, 0.15) is 45.7 Å². The molecule has 3 aromatic rings. The van der Waals surface area contributed by atoms with Crippen LogP contribution in [0.3, 0.4) is 0 Å². The molecule has 33 heavy (non-hydrogen) atoms. The van der Waals surface area contributed by atoms with Gasteiger partial charge in [0.2, 0.25) is 11.7 Å². The number of methoxy groups -OCH3 is 1. The molecule has 1 atom stereocenters. The molecule has 6 nitrogen and oxygen atoms in total. The van der Waals surface area contributed by atoms with Gasteiger partial charge in [-0.15, -0.1) is 0 Å². The molecule has 0 aliphatic rings. The van der Waals surface area contributed by atoms with E-state index in [0.717, 1.165) is 0 Å². The molecule has 0 saturated carbocycles. The molecule has 0 spiro atoms. The summed E-state index contributed by atoms with van der Waals surface area (Å²) in [7, 11) is 1.37. The average Bonchev–Trinajstić information content (AvgIpc) is 2.84. The standard InChI is InChI=1S/C25H21Cl2NO5/c1-3-22(29)28-20-14-21(32-2)18(13-19(20)27)25(31)33-24(16-9-11-17(26)12-10-16)23(30)15-7-5-4-6-8-15/h4-14,24H,3H2,1-2H3,(H,28,29)/t24-/m1/s1. The second-order valence-electron chi connectivity index (χ2n) is 7.00. The van der Waals surface area contributed by atoms with Gasteiger partial charge in [0.05, 0.1) is 17.8 Å². The minimum atomic E-state index is -1.22. The lowest BCUT2D eigenvalue weighted by molar-refractivity contribution is -0.115. The van der Waals surface area contributed by atoms with Crippen molar-refractivity contribution in [3.05, 3.63) is 93.5 Å². The fourth-order valence-electron chi connectivity index (χ4n) is 3.05. The summed E-state index contributed by atoms with van der Waals surface area (Å²) in [6.45, 7) is 1.70. The van der Waals surface area contributed by atoms with Gasteiger partial charge in [0.25, 0.3) is 0 Å². The van der Waals surface area contributed by atoms with Crippen molar-refractivity contribution in [3.8, 4) is 5.75 Å². The Labute approximate surface area is 201 Å². The van der Waals surface area contributed by atoms with E-state index in [1.165, 1.54) is 19.2 Å². The predicted molar refractivity (Wildman–Crippen MR) is 127 cm³/mol. The fourth-order valence-corrected chi connectivity index (χ4v) is 3.39. The number of hydrogen-bond acceptors (Lipinski definition) is 5. The molecule has 0 aliphatic heterocycles. The Kier molecular flexibility index (Phi) is 8.09. The van der Waals surface area contributed by atoms with Crippen molar-refractivity contribution in [3.63, 3.8) is 0 Å². The third-order valence-corrected chi connectivity index (χ3v) is 5.36. The van der Waals surface area contributed by atoms with Gasteiger partial charge in [-0.05, 0) is 18.2 Å². The smallest absolute Gasteiger partial charge is 0.343 e. The minimum Gasteiger partial charge on any atom is -0.496 e. The molecule has 0 unspecified atom stereocenters. The molecule has 8 heteroatoms. The summed E-state index contributed by atoms with van der Waals surface area (Å²) in [5.74, 6) is -1.32. The quantitative estimate of drug-likeness (QED) is 0.306. The summed E-state index contributed by atoms with van der Waals surface area (Å²) in [4.78, 5) is 38.1. The summed E-state index contributed by atoms with van der Waals surface area (Å²) in [6.07, 6.45) is -0.965. The number of ketones is 1. The third-order valence-electron chi connectivity index (χ3n) is 4.80. The number of carbonyl (C=O) groups is 3. The highest BCUT2D eigenvalue weighted by molar-refractivity contribution is 6.34. The van der Waals surface area contributed by atoms with Gasteiger partial charge >= 0.3 is 5.97 Å². The largest absolute Gasteiger partial charge is 0.496 e. The zero-order chi connectivity index (χ0) is 24.0. The lowest BCUT2D eigenvalue weighted by Crippen LogP contribution is -2.21. The van der Waals surface area contributed by atoms with E-state index in [2.05, 4.69) is 5.32 Å². The van der Waals surface area contributed by atoms with E-state index < -0.39 is 17.9 Å². The second-order valence-corrected chi connectivity index (χ2v) is 7.84. The summed E-state index contributed by atoms with van der Waals surface area (Å²) < 4.78 is 11.0. The SMILES string of the molecule is CCC(=O)Nc1cc(OC)c(C(=O)O[C@@H](C(=O)c2ccccc2)c2ccc(Cl)cc2)cc1Cl. The van der Waals surface area contributed by atoms with Gasteiger partial charge in [0, 0.05) is 28.6 Å². The van der Waals surface area contributed by atoms with Crippen molar-refractivity contribution in [1.29, 1.82) is 0 Å². The number of amides is 1. The number of benzene rings is 3. The Hall–Kier alpha value is -3.35. The van der Waals surface area contributed by atoms with Crippen molar-refractivity contribution < 1.29 is 23.9 Å². The van der Waals surface area contributed by atoms with Crippen molar-refractivity contribution in [2.45, 2.75) is 19.4 Å². The van der Waals surface area contributed by atoms with Crippen LogP contribution in [-0.4, -0.2) is 24.8 Å². The summed E-state index contributed by atoms with van der Waals surface area (Å²) in [5.41, 5.74) is 1.15. The summed E-state index contributed by atoms with van der Waals surface area (Å²) in [6, 6.07) is 17.7. The highest BCUT2D eigenvalue weighted by Gasteiger charge is 2.28. The zero-order valence-corrected chi connectivity index (χ0v) is 19.4. The number of halogens is 2. The van der Waals surface area contributed by atoms with Crippen LogP contribution in [0.4, 0.5) is 5.69 Å². The summed E-state index contributed by atoms with van der Waals surface area (Å²) in [5, 5.41) is 3.25. The van der Waals surface area contributed by atoms with Crippen LogP contribution in [0.15, 0.2) is 66.7 Å². The maximum Gasteiger partial charge on any atom is 0.343 e. The van der Waals surface area contributed by atoms with Crippen LogP contribution < -0.4 is 10.1 Å². The van der Waals surface area contributed by atoms with Gasteiger partial charge in [-0.1, -0.05) is 72.6 Å². The molecule has 0 radical (unpaired) electrons. The van der Waals surface area contributed by atoms with Crippen molar-refractivity contribution in [2.24, 2.45) is 0 Å². The maximum atomic E-state index is 13.2. The van der Waals surface area contributed by atoms with E-state index in [4.69, 9.17) is 32.7 Å². The molecule has 1 amide bonds. The molecule has 3 aromatic carbocycles. The van der Waals surface area contributed by atoms with Gasteiger partial charge in [0.15, 0.2) is 6.10 Å². The summed E-state index contributed by atoms with van der Waals surface area (Å²) >= 11 is 12.3. The predicted octanol–water partition coefficient (Wildman–Crippen LogP) is 6.13. The number of esters is 1. The van der Waals surface area contributed by atoms with Crippen molar-refractivity contribution >= 4 is 46.5 Å². The number of anilines is 1. The molecule has 0 aliphatic carbocycles. The van der Waals surface area contributed by atoms with E-state index in [1.54, 1.807) is 61.5 Å². The topological polar surface area (TPSA) is 81.7 Å². The molecular weight excluding hydrogens is 465 g/mol. The van der Waals surface area contributed by atoms with Gasteiger partial charge in [-0.3, -0.25) is 9.59 Å². The van der Waals surface area contributed by atoms with Gasteiger partial charge in [-0.2, -0.15) is 0 Å². The first-order valence-corrected chi connectivity index (χ1v) is 10.8. The normalized spacial score (nSPS) is 11.4.